The molecule has 0 unspecified atom stereocenters. The molecule has 0 radical (unpaired) electrons. The molecular weight excluding hydrogens is 353 g/mol. The highest BCUT2D eigenvalue weighted by molar-refractivity contribution is 8.14. The van der Waals surface area contributed by atoms with Crippen molar-refractivity contribution in [3.8, 4) is 5.75 Å². The van der Waals surface area contributed by atoms with E-state index in [2.05, 4.69) is 4.74 Å². The molecule has 0 fully saturated rings. The van der Waals surface area contributed by atoms with E-state index in [4.69, 9.17) is 10.7 Å². The third-order valence-electron chi connectivity index (χ3n) is 2.36. The van der Waals surface area contributed by atoms with Crippen LogP contribution in [0.25, 0.3) is 0 Å². The number of nitro groups is 1. The smallest absolute Gasteiger partial charge is 0.313 e. The van der Waals surface area contributed by atoms with E-state index in [1.54, 1.807) is 0 Å². The molecule has 0 aromatic heterocycles. The molecule has 21 heavy (non-hydrogen) atoms. The number of nitro benzene ring substituents is 1. The molecule has 0 heterocycles. The van der Waals surface area contributed by atoms with Crippen LogP contribution in [-0.2, 0) is 18.9 Å². The van der Waals surface area contributed by atoms with E-state index in [0.29, 0.717) is 12.1 Å². The van der Waals surface area contributed by atoms with E-state index in [0.717, 1.165) is 7.11 Å². The van der Waals surface area contributed by atoms with Crippen LogP contribution in [-0.4, -0.2) is 40.4 Å². The average molecular weight is 362 g/mol. The minimum atomic E-state index is -4.34. The van der Waals surface area contributed by atoms with Gasteiger partial charge in [-0.2, -0.15) is 0 Å². The molecule has 1 aromatic rings. The zero-order valence-electron chi connectivity index (χ0n) is 10.4. The van der Waals surface area contributed by atoms with Gasteiger partial charge in [0.2, 0.25) is 9.05 Å². The van der Waals surface area contributed by atoms with Gasteiger partial charge in [-0.05, 0) is 0 Å². The van der Waals surface area contributed by atoms with Crippen LogP contribution in [0.5, 0.6) is 5.75 Å². The fourth-order valence-corrected chi connectivity index (χ4v) is 4.49. The molecular formula is C9H9ClFNO7S2. The zero-order chi connectivity index (χ0) is 16.4. The first-order chi connectivity index (χ1) is 9.48. The van der Waals surface area contributed by atoms with Crippen molar-refractivity contribution >= 4 is 35.3 Å². The van der Waals surface area contributed by atoms with E-state index in [9.17, 15) is 31.3 Å². The molecule has 1 rings (SSSR count). The van der Waals surface area contributed by atoms with Crippen molar-refractivity contribution < 1.29 is 30.9 Å². The Morgan fingerprint density at radius 3 is 2.29 bits per heavy atom. The summed E-state index contributed by atoms with van der Waals surface area (Å²) in [6, 6.07) is 1.02. The van der Waals surface area contributed by atoms with Crippen molar-refractivity contribution in [2.75, 3.05) is 18.6 Å². The maximum Gasteiger partial charge on any atom is 0.313 e. The monoisotopic (exact) mass is 361 g/mol. The lowest BCUT2D eigenvalue weighted by molar-refractivity contribution is -0.386. The minimum absolute atomic E-state index is 0.390. The number of hydrogen-bond donors (Lipinski definition) is 0. The van der Waals surface area contributed by atoms with Crippen LogP contribution in [0.2, 0.25) is 0 Å². The highest BCUT2D eigenvalue weighted by Crippen LogP contribution is 2.32. The topological polar surface area (TPSA) is 121 Å². The van der Waals surface area contributed by atoms with E-state index < -0.39 is 57.5 Å². The maximum atomic E-state index is 13.7. The van der Waals surface area contributed by atoms with Crippen LogP contribution in [0, 0.1) is 15.9 Å². The lowest BCUT2D eigenvalue weighted by Gasteiger charge is -2.07. The lowest BCUT2D eigenvalue weighted by Crippen LogP contribution is -2.16. The Kier molecular flexibility index (Phi) is 5.12. The number of benzene rings is 1. The van der Waals surface area contributed by atoms with Crippen LogP contribution < -0.4 is 4.74 Å². The Morgan fingerprint density at radius 2 is 1.86 bits per heavy atom. The molecule has 0 aliphatic heterocycles. The number of ether oxygens (including phenoxy) is 1. The number of methoxy groups -OCH3 is 1. The van der Waals surface area contributed by atoms with Crippen LogP contribution in [0.4, 0.5) is 10.1 Å². The van der Waals surface area contributed by atoms with Gasteiger partial charge in [0, 0.05) is 16.7 Å². The number of halogens is 2. The quantitative estimate of drug-likeness (QED) is 0.422. The first-order valence-corrected chi connectivity index (χ1v) is 9.28. The summed E-state index contributed by atoms with van der Waals surface area (Å²) < 4.78 is 63.6. The predicted octanol–water partition coefficient (Wildman–Crippen LogP) is 1.08. The molecule has 0 bridgehead atoms. The molecule has 0 spiro atoms. The molecule has 1 aromatic carbocycles. The second-order valence-electron chi connectivity index (χ2n) is 3.77. The van der Waals surface area contributed by atoms with Gasteiger partial charge in [0.15, 0.2) is 15.6 Å². The number of sulfone groups is 1. The third-order valence-corrected chi connectivity index (χ3v) is 5.50. The largest absolute Gasteiger partial charge is 0.490 e. The summed E-state index contributed by atoms with van der Waals surface area (Å²) in [5, 5.41) is 10.7. The van der Waals surface area contributed by atoms with Crippen molar-refractivity contribution in [1.29, 1.82) is 0 Å². The van der Waals surface area contributed by atoms with Gasteiger partial charge in [0.05, 0.1) is 29.6 Å². The van der Waals surface area contributed by atoms with Crippen molar-refractivity contribution in [2.45, 2.75) is 4.90 Å². The normalized spacial score (nSPS) is 12.1. The van der Waals surface area contributed by atoms with Crippen molar-refractivity contribution in [2.24, 2.45) is 0 Å². The van der Waals surface area contributed by atoms with Crippen molar-refractivity contribution in [3.63, 3.8) is 0 Å². The summed E-state index contributed by atoms with van der Waals surface area (Å²) >= 11 is 0. The zero-order valence-corrected chi connectivity index (χ0v) is 12.8. The van der Waals surface area contributed by atoms with Crippen molar-refractivity contribution in [3.05, 3.63) is 28.1 Å². The lowest BCUT2D eigenvalue weighted by atomic mass is 10.3. The van der Waals surface area contributed by atoms with Gasteiger partial charge >= 0.3 is 5.69 Å². The SMILES string of the molecule is COc1cc(S(=O)(=O)CCS(=O)(=O)Cl)c(F)cc1[N+](=O)[O-]. The molecule has 0 atom stereocenters. The summed E-state index contributed by atoms with van der Waals surface area (Å²) in [5.41, 5.74) is -0.751. The Balaban J connectivity index is 3.34. The Hall–Kier alpha value is -1.46. The Morgan fingerprint density at radius 1 is 1.29 bits per heavy atom. The summed E-state index contributed by atoms with van der Waals surface area (Å²) in [6.45, 7) is 0. The maximum absolute atomic E-state index is 13.7. The summed E-state index contributed by atoms with van der Waals surface area (Å²) in [4.78, 5) is 8.82. The van der Waals surface area contributed by atoms with Crippen LogP contribution in [0.3, 0.4) is 0 Å². The first-order valence-electron chi connectivity index (χ1n) is 5.15. The van der Waals surface area contributed by atoms with Crippen LogP contribution >= 0.6 is 10.7 Å². The highest BCUT2D eigenvalue weighted by Gasteiger charge is 2.27. The minimum Gasteiger partial charge on any atom is -0.490 e. The predicted molar refractivity (Wildman–Crippen MR) is 71.3 cm³/mol. The molecule has 0 saturated carbocycles. The Bertz CT molecular complexity index is 776. The molecule has 0 aliphatic carbocycles. The first kappa shape index (κ1) is 17.6. The molecule has 0 amide bonds. The summed E-state index contributed by atoms with van der Waals surface area (Å²) in [7, 11) is -2.49. The van der Waals surface area contributed by atoms with Crippen LogP contribution in [0.15, 0.2) is 17.0 Å². The summed E-state index contributed by atoms with van der Waals surface area (Å²) in [5.74, 6) is -3.73. The second kappa shape index (κ2) is 6.12. The fraction of sp³-hybridized carbons (Fsp3) is 0.333. The van der Waals surface area contributed by atoms with Gasteiger partial charge < -0.3 is 4.74 Å². The van der Waals surface area contributed by atoms with E-state index in [-0.39, 0.29) is 0 Å². The fourth-order valence-electron chi connectivity index (χ4n) is 1.39. The van der Waals surface area contributed by atoms with E-state index in [1.807, 2.05) is 0 Å². The van der Waals surface area contributed by atoms with E-state index >= 15 is 0 Å². The molecule has 0 saturated heterocycles. The number of rotatable bonds is 6. The molecule has 8 nitrogen and oxygen atoms in total. The van der Waals surface area contributed by atoms with Gasteiger partial charge in [-0.1, -0.05) is 0 Å². The van der Waals surface area contributed by atoms with Gasteiger partial charge in [0.1, 0.15) is 10.7 Å². The van der Waals surface area contributed by atoms with Crippen LogP contribution in [0.1, 0.15) is 0 Å². The number of nitrogens with zero attached hydrogens (tertiary/aromatic N) is 1. The standard InChI is InChI=1S/C9H9ClFNO7S2/c1-19-8-5-9(6(11)4-7(8)12(13)14)20(15,16)2-3-21(10,17)18/h4-5H,2-3H2,1H3. The Labute approximate surface area is 124 Å². The van der Waals surface area contributed by atoms with Crippen molar-refractivity contribution in [1.82, 2.24) is 0 Å². The molecule has 12 heteroatoms. The van der Waals surface area contributed by atoms with E-state index in [1.165, 1.54) is 0 Å². The van der Waals surface area contributed by atoms with Gasteiger partial charge in [-0.25, -0.2) is 21.2 Å². The van der Waals surface area contributed by atoms with Gasteiger partial charge in [-0.15, -0.1) is 0 Å². The molecule has 0 N–H and O–H groups in total. The van der Waals surface area contributed by atoms with Gasteiger partial charge in [0.25, 0.3) is 0 Å². The second-order valence-corrected chi connectivity index (χ2v) is 8.75. The average Bonchev–Trinajstić information content (AvgIpc) is 2.35. The number of hydrogen-bond acceptors (Lipinski definition) is 7. The molecule has 0 aliphatic rings. The third kappa shape index (κ3) is 4.51. The summed E-state index contributed by atoms with van der Waals surface area (Å²) in [6.07, 6.45) is 0. The molecule has 118 valence electrons. The van der Waals surface area contributed by atoms with Gasteiger partial charge in [-0.3, -0.25) is 10.1 Å². The highest BCUT2D eigenvalue weighted by atomic mass is 35.7.